The molecule has 0 unspecified atom stereocenters. The third-order valence-electron chi connectivity index (χ3n) is 3.40. The molecule has 6 heteroatoms. The van der Waals surface area contributed by atoms with Gasteiger partial charge in [0, 0.05) is 17.2 Å². The van der Waals surface area contributed by atoms with Crippen molar-refractivity contribution in [1.82, 2.24) is 0 Å². The zero-order valence-electron chi connectivity index (χ0n) is 12.1. The Morgan fingerprint density at radius 2 is 1.61 bits per heavy atom. The van der Waals surface area contributed by atoms with Gasteiger partial charge in [-0.25, -0.2) is 0 Å². The SMILES string of the molecule is Cc1cccc(S(=O)(=O)OC2=CC(=O)c3ccccc3C2=O)c1. The zero-order chi connectivity index (χ0) is 16.6. The fraction of sp³-hybridized carbons (Fsp3) is 0.0588. The molecule has 0 atom stereocenters. The van der Waals surface area contributed by atoms with Crippen LogP contribution in [-0.2, 0) is 14.3 Å². The molecular weight excluding hydrogens is 316 g/mol. The smallest absolute Gasteiger partial charge is 0.339 e. The summed E-state index contributed by atoms with van der Waals surface area (Å²) in [5.41, 5.74) is 1.10. The molecule has 116 valence electrons. The minimum atomic E-state index is -4.18. The van der Waals surface area contributed by atoms with E-state index < -0.39 is 27.4 Å². The first-order valence-corrected chi connectivity index (χ1v) is 8.20. The van der Waals surface area contributed by atoms with Crippen LogP contribution in [0.4, 0.5) is 0 Å². The summed E-state index contributed by atoms with van der Waals surface area (Å²) >= 11 is 0. The van der Waals surface area contributed by atoms with E-state index in [4.69, 9.17) is 4.18 Å². The van der Waals surface area contributed by atoms with E-state index in [2.05, 4.69) is 0 Å². The quantitative estimate of drug-likeness (QED) is 0.810. The number of Topliss-reactive ketones (excluding diaryl/α,β-unsaturated/α-hetero) is 1. The lowest BCUT2D eigenvalue weighted by molar-refractivity contribution is 0.0948. The molecule has 1 aliphatic carbocycles. The van der Waals surface area contributed by atoms with Crippen LogP contribution in [-0.4, -0.2) is 20.0 Å². The van der Waals surface area contributed by atoms with E-state index in [0.717, 1.165) is 11.6 Å². The molecule has 1 aliphatic rings. The Kier molecular flexibility index (Phi) is 3.61. The van der Waals surface area contributed by atoms with Crippen molar-refractivity contribution in [3.63, 3.8) is 0 Å². The second-order valence-electron chi connectivity index (χ2n) is 5.10. The molecule has 0 aliphatic heterocycles. The second-order valence-corrected chi connectivity index (χ2v) is 6.65. The number of allylic oxidation sites excluding steroid dienone is 2. The molecule has 5 nitrogen and oxygen atoms in total. The van der Waals surface area contributed by atoms with E-state index in [1.165, 1.54) is 24.3 Å². The van der Waals surface area contributed by atoms with Crippen molar-refractivity contribution in [1.29, 1.82) is 0 Å². The summed E-state index contributed by atoms with van der Waals surface area (Å²) in [5.74, 6) is -1.58. The number of rotatable bonds is 3. The van der Waals surface area contributed by atoms with Crippen LogP contribution in [0.3, 0.4) is 0 Å². The van der Waals surface area contributed by atoms with Crippen LogP contribution < -0.4 is 0 Å². The fourth-order valence-corrected chi connectivity index (χ4v) is 3.32. The van der Waals surface area contributed by atoms with E-state index >= 15 is 0 Å². The highest BCUT2D eigenvalue weighted by Crippen LogP contribution is 2.25. The molecule has 0 N–H and O–H groups in total. The summed E-state index contributed by atoms with van der Waals surface area (Å²) in [5, 5.41) is 0. The van der Waals surface area contributed by atoms with Gasteiger partial charge in [0.25, 0.3) is 0 Å². The molecule has 0 amide bonds. The van der Waals surface area contributed by atoms with Gasteiger partial charge in [-0.1, -0.05) is 36.4 Å². The van der Waals surface area contributed by atoms with Crippen molar-refractivity contribution >= 4 is 21.7 Å². The first kappa shape index (κ1) is 15.2. The molecule has 0 bridgehead atoms. The van der Waals surface area contributed by atoms with Gasteiger partial charge in [-0.2, -0.15) is 8.42 Å². The van der Waals surface area contributed by atoms with Crippen LogP contribution in [0.25, 0.3) is 0 Å². The fourth-order valence-electron chi connectivity index (χ4n) is 2.29. The lowest BCUT2D eigenvalue weighted by Gasteiger charge is -2.15. The highest BCUT2D eigenvalue weighted by molar-refractivity contribution is 7.86. The minimum absolute atomic E-state index is 0.0718. The predicted molar refractivity (Wildman–Crippen MR) is 82.6 cm³/mol. The molecule has 0 radical (unpaired) electrons. The van der Waals surface area contributed by atoms with Crippen LogP contribution in [0.5, 0.6) is 0 Å². The topological polar surface area (TPSA) is 77.5 Å². The van der Waals surface area contributed by atoms with Gasteiger partial charge in [0.05, 0.1) is 0 Å². The number of fused-ring (bicyclic) bond motifs is 1. The Bertz CT molecular complexity index is 954. The number of carbonyl (C=O) groups excluding carboxylic acids is 2. The number of ketones is 2. The molecule has 0 aromatic heterocycles. The summed E-state index contributed by atoms with van der Waals surface area (Å²) in [6, 6.07) is 12.3. The van der Waals surface area contributed by atoms with Gasteiger partial charge >= 0.3 is 10.1 Å². The van der Waals surface area contributed by atoms with Gasteiger partial charge in [-0.3, -0.25) is 9.59 Å². The average Bonchev–Trinajstić information content (AvgIpc) is 2.52. The van der Waals surface area contributed by atoms with Gasteiger partial charge < -0.3 is 4.18 Å². The van der Waals surface area contributed by atoms with Crippen LogP contribution in [0.1, 0.15) is 26.3 Å². The Morgan fingerprint density at radius 1 is 0.913 bits per heavy atom. The number of benzene rings is 2. The van der Waals surface area contributed by atoms with E-state index in [0.29, 0.717) is 0 Å². The second kappa shape index (κ2) is 5.48. The Labute approximate surface area is 133 Å². The van der Waals surface area contributed by atoms with Gasteiger partial charge in [0.15, 0.2) is 11.5 Å². The van der Waals surface area contributed by atoms with Crippen molar-refractivity contribution in [3.05, 3.63) is 77.1 Å². The maximum Gasteiger partial charge on any atom is 0.339 e. The Hall–Kier alpha value is -2.73. The van der Waals surface area contributed by atoms with Crippen molar-refractivity contribution in [2.75, 3.05) is 0 Å². The van der Waals surface area contributed by atoms with Gasteiger partial charge in [-0.05, 0) is 24.6 Å². The number of hydrogen-bond donors (Lipinski definition) is 0. The lowest BCUT2D eigenvalue weighted by atomic mass is 9.94. The number of carbonyl (C=O) groups is 2. The third-order valence-corrected chi connectivity index (χ3v) is 4.63. The maximum absolute atomic E-state index is 12.3. The van der Waals surface area contributed by atoms with Crippen molar-refractivity contribution in [2.24, 2.45) is 0 Å². The molecule has 0 saturated heterocycles. The molecule has 23 heavy (non-hydrogen) atoms. The van der Waals surface area contributed by atoms with Crippen LogP contribution in [0, 0.1) is 6.92 Å². The molecule has 2 aromatic carbocycles. The Balaban J connectivity index is 1.98. The highest BCUT2D eigenvalue weighted by atomic mass is 32.2. The van der Waals surface area contributed by atoms with Gasteiger partial charge in [0.2, 0.25) is 5.78 Å². The summed E-state index contributed by atoms with van der Waals surface area (Å²) in [7, 11) is -4.18. The van der Waals surface area contributed by atoms with Crippen molar-refractivity contribution in [3.8, 4) is 0 Å². The van der Waals surface area contributed by atoms with E-state index in [1.807, 2.05) is 0 Å². The molecule has 0 spiro atoms. The van der Waals surface area contributed by atoms with Gasteiger partial charge in [-0.15, -0.1) is 0 Å². The van der Waals surface area contributed by atoms with E-state index in [9.17, 15) is 18.0 Å². The Morgan fingerprint density at radius 3 is 2.30 bits per heavy atom. The predicted octanol–water partition coefficient (Wildman–Crippen LogP) is 2.66. The standard InChI is InChI=1S/C17H12O5S/c1-11-5-4-6-12(9-11)23(20,21)22-16-10-15(18)13-7-2-3-8-14(13)17(16)19/h2-10H,1H3. The van der Waals surface area contributed by atoms with Crippen LogP contribution in [0.2, 0.25) is 0 Å². The van der Waals surface area contributed by atoms with Crippen molar-refractivity contribution in [2.45, 2.75) is 11.8 Å². The molecular formula is C17H12O5S. The first-order valence-electron chi connectivity index (χ1n) is 6.79. The van der Waals surface area contributed by atoms with Crippen LogP contribution in [0.15, 0.2) is 65.3 Å². The zero-order valence-corrected chi connectivity index (χ0v) is 13.0. The summed E-state index contributed by atoms with van der Waals surface area (Å²) in [6.45, 7) is 1.74. The third kappa shape index (κ3) is 2.80. The number of aryl methyl sites for hydroxylation is 1. The highest BCUT2D eigenvalue weighted by Gasteiger charge is 2.30. The summed E-state index contributed by atoms with van der Waals surface area (Å²) < 4.78 is 29.5. The van der Waals surface area contributed by atoms with Crippen molar-refractivity contribution < 1.29 is 22.2 Å². The molecule has 0 saturated carbocycles. The normalized spacial score (nSPS) is 14.2. The summed E-state index contributed by atoms with van der Waals surface area (Å²) in [4.78, 5) is 24.3. The molecule has 0 heterocycles. The van der Waals surface area contributed by atoms with E-state index in [1.54, 1.807) is 31.2 Å². The monoisotopic (exact) mass is 328 g/mol. The average molecular weight is 328 g/mol. The molecule has 2 aromatic rings. The molecule has 3 rings (SSSR count). The maximum atomic E-state index is 12.3. The van der Waals surface area contributed by atoms with E-state index in [-0.39, 0.29) is 16.0 Å². The lowest BCUT2D eigenvalue weighted by Crippen LogP contribution is -2.20. The van der Waals surface area contributed by atoms with Crippen LogP contribution >= 0.6 is 0 Å². The largest absolute Gasteiger partial charge is 0.375 e. The summed E-state index contributed by atoms with van der Waals surface area (Å²) in [6.07, 6.45) is 0.915. The number of hydrogen-bond acceptors (Lipinski definition) is 5. The van der Waals surface area contributed by atoms with Gasteiger partial charge in [0.1, 0.15) is 4.90 Å². The first-order chi connectivity index (χ1) is 10.9. The minimum Gasteiger partial charge on any atom is -0.375 e. The molecule has 0 fully saturated rings.